The number of halogens is 1. The van der Waals surface area contributed by atoms with Crippen LogP contribution in [-0.4, -0.2) is 22.2 Å². The number of hydrogen-bond acceptors (Lipinski definition) is 5. The van der Waals surface area contributed by atoms with Gasteiger partial charge in [-0.15, -0.1) is 0 Å². The van der Waals surface area contributed by atoms with E-state index in [2.05, 4.69) is 10.4 Å². The van der Waals surface area contributed by atoms with Crippen molar-refractivity contribution in [3.05, 3.63) is 47.9 Å². The molecule has 1 atom stereocenters. The molecule has 0 saturated carbocycles. The summed E-state index contributed by atoms with van der Waals surface area (Å²) in [5.74, 6) is -0.395. The minimum absolute atomic E-state index is 0.328. The van der Waals surface area contributed by atoms with Gasteiger partial charge in [-0.25, -0.2) is 9.38 Å². The SMILES string of the molecule is NC1N=C2C=C(c3cccc(O)c3F)C=CN2N1. The van der Waals surface area contributed by atoms with Crippen LogP contribution in [0.5, 0.6) is 5.75 Å². The first kappa shape index (κ1) is 10.9. The average molecular weight is 246 g/mol. The quantitative estimate of drug-likeness (QED) is 0.688. The number of phenols is 1. The highest BCUT2D eigenvalue weighted by molar-refractivity contribution is 6.04. The Balaban J connectivity index is 2.04. The molecule has 4 N–H and O–H groups in total. The number of aliphatic imine (C=N–C) groups is 1. The summed E-state index contributed by atoms with van der Waals surface area (Å²) in [4.78, 5) is 4.13. The first-order chi connectivity index (χ1) is 8.65. The maximum atomic E-state index is 13.8. The van der Waals surface area contributed by atoms with Crippen molar-refractivity contribution in [3.63, 3.8) is 0 Å². The summed E-state index contributed by atoms with van der Waals surface area (Å²) in [7, 11) is 0. The molecular weight excluding hydrogens is 235 g/mol. The summed E-state index contributed by atoms with van der Waals surface area (Å²) in [5, 5.41) is 11.0. The molecule has 2 heterocycles. The van der Waals surface area contributed by atoms with E-state index in [9.17, 15) is 9.50 Å². The molecule has 5 nitrogen and oxygen atoms in total. The Morgan fingerprint density at radius 1 is 1.44 bits per heavy atom. The number of allylic oxidation sites excluding steroid dienone is 2. The van der Waals surface area contributed by atoms with Crippen LogP contribution in [0, 0.1) is 5.82 Å². The summed E-state index contributed by atoms with van der Waals surface area (Å²) in [6, 6.07) is 4.50. The Bertz CT molecular complexity index is 594. The third-order valence-corrected chi connectivity index (χ3v) is 2.77. The van der Waals surface area contributed by atoms with E-state index in [-0.39, 0.29) is 5.75 Å². The van der Waals surface area contributed by atoms with Crippen LogP contribution in [0.2, 0.25) is 0 Å². The summed E-state index contributed by atoms with van der Waals surface area (Å²) in [6.07, 6.45) is 4.65. The van der Waals surface area contributed by atoms with Crippen LogP contribution in [0.15, 0.2) is 41.5 Å². The van der Waals surface area contributed by atoms with Crippen LogP contribution in [0.1, 0.15) is 5.56 Å². The minimum Gasteiger partial charge on any atom is -0.505 e. The molecular formula is C12H11FN4O. The lowest BCUT2D eigenvalue weighted by Crippen LogP contribution is -2.40. The van der Waals surface area contributed by atoms with Crippen molar-refractivity contribution in [3.8, 4) is 5.75 Å². The number of fused-ring (bicyclic) bond motifs is 1. The summed E-state index contributed by atoms with van der Waals surface area (Å²) >= 11 is 0. The molecule has 0 fully saturated rings. The van der Waals surface area contributed by atoms with Gasteiger partial charge < -0.3 is 5.11 Å². The van der Waals surface area contributed by atoms with Gasteiger partial charge in [0.15, 0.2) is 17.9 Å². The molecule has 2 aliphatic rings. The molecule has 0 bridgehead atoms. The van der Waals surface area contributed by atoms with Crippen LogP contribution in [0.25, 0.3) is 5.57 Å². The topological polar surface area (TPSA) is 73.9 Å². The smallest absolute Gasteiger partial charge is 0.172 e. The number of benzene rings is 1. The van der Waals surface area contributed by atoms with Crippen molar-refractivity contribution in [2.24, 2.45) is 10.7 Å². The molecule has 3 rings (SSSR count). The number of phenolic OH excluding ortho intramolecular Hbond substituents is 1. The van der Waals surface area contributed by atoms with Crippen molar-refractivity contribution in [1.29, 1.82) is 0 Å². The summed E-state index contributed by atoms with van der Waals surface area (Å²) in [5.41, 5.74) is 9.46. The number of hydrogen-bond donors (Lipinski definition) is 3. The van der Waals surface area contributed by atoms with E-state index in [0.29, 0.717) is 17.0 Å². The van der Waals surface area contributed by atoms with Crippen LogP contribution >= 0.6 is 0 Å². The fourth-order valence-corrected chi connectivity index (χ4v) is 1.92. The molecule has 1 unspecified atom stereocenters. The van der Waals surface area contributed by atoms with Crippen LogP contribution in [0.4, 0.5) is 4.39 Å². The molecule has 0 radical (unpaired) electrons. The third-order valence-electron chi connectivity index (χ3n) is 2.77. The molecule has 0 saturated heterocycles. The zero-order chi connectivity index (χ0) is 12.7. The molecule has 92 valence electrons. The Kier molecular flexibility index (Phi) is 2.39. The maximum absolute atomic E-state index is 13.8. The van der Waals surface area contributed by atoms with E-state index < -0.39 is 12.1 Å². The van der Waals surface area contributed by atoms with Gasteiger partial charge in [0.05, 0.1) is 0 Å². The Morgan fingerprint density at radius 3 is 3.11 bits per heavy atom. The predicted octanol–water partition coefficient (Wildman–Crippen LogP) is 0.903. The third kappa shape index (κ3) is 1.68. The number of nitrogens with two attached hydrogens (primary N) is 1. The van der Waals surface area contributed by atoms with Crippen molar-refractivity contribution in [2.45, 2.75) is 6.29 Å². The van der Waals surface area contributed by atoms with Gasteiger partial charge in [0.1, 0.15) is 5.84 Å². The maximum Gasteiger partial charge on any atom is 0.172 e. The standard InChI is InChI=1S/C12H11FN4O/c13-11-8(2-1-3-9(11)18)7-4-5-17-10(6-7)15-12(14)16-17/h1-6,12,16,18H,14H2. The Hall–Kier alpha value is -2.18. The number of aromatic hydroxyl groups is 1. The van der Waals surface area contributed by atoms with E-state index in [4.69, 9.17) is 5.73 Å². The molecule has 0 spiro atoms. The second kappa shape index (κ2) is 3.94. The first-order valence-corrected chi connectivity index (χ1v) is 5.42. The summed E-state index contributed by atoms with van der Waals surface area (Å²) < 4.78 is 13.8. The highest BCUT2D eigenvalue weighted by Gasteiger charge is 2.22. The molecule has 2 aliphatic heterocycles. The fourth-order valence-electron chi connectivity index (χ4n) is 1.92. The van der Waals surface area contributed by atoms with E-state index >= 15 is 0 Å². The van der Waals surface area contributed by atoms with Crippen molar-refractivity contribution < 1.29 is 9.50 Å². The van der Waals surface area contributed by atoms with E-state index in [1.54, 1.807) is 35.5 Å². The van der Waals surface area contributed by atoms with Crippen LogP contribution in [-0.2, 0) is 0 Å². The fraction of sp³-hybridized carbons (Fsp3) is 0.0833. The van der Waals surface area contributed by atoms with Crippen LogP contribution in [0.3, 0.4) is 0 Å². The highest BCUT2D eigenvalue weighted by Crippen LogP contribution is 2.28. The van der Waals surface area contributed by atoms with E-state index in [1.807, 2.05) is 0 Å². The molecule has 6 heteroatoms. The number of amidine groups is 1. The number of hydrazine groups is 1. The Morgan fingerprint density at radius 2 is 2.28 bits per heavy atom. The monoisotopic (exact) mass is 246 g/mol. The molecule has 1 aromatic carbocycles. The number of nitrogens with one attached hydrogen (secondary N) is 1. The molecule has 0 aliphatic carbocycles. The summed E-state index contributed by atoms with van der Waals surface area (Å²) in [6.45, 7) is 0. The van der Waals surface area contributed by atoms with Gasteiger partial charge in [-0.3, -0.25) is 10.7 Å². The minimum atomic E-state index is -0.641. The molecule has 1 aromatic rings. The second-order valence-electron chi connectivity index (χ2n) is 3.99. The van der Waals surface area contributed by atoms with Gasteiger partial charge in [-0.05, 0) is 23.8 Å². The van der Waals surface area contributed by atoms with Crippen LogP contribution < -0.4 is 11.2 Å². The van der Waals surface area contributed by atoms with Gasteiger partial charge in [-0.2, -0.15) is 5.43 Å². The normalized spacial score (nSPS) is 21.7. The molecule has 0 amide bonds. The predicted molar refractivity (Wildman–Crippen MR) is 65.6 cm³/mol. The van der Waals surface area contributed by atoms with E-state index in [0.717, 1.165) is 0 Å². The second-order valence-corrected chi connectivity index (χ2v) is 3.99. The highest BCUT2D eigenvalue weighted by atomic mass is 19.1. The average Bonchev–Trinajstić information content (AvgIpc) is 2.71. The van der Waals surface area contributed by atoms with Crippen molar-refractivity contribution in [1.82, 2.24) is 10.4 Å². The zero-order valence-corrected chi connectivity index (χ0v) is 9.34. The zero-order valence-electron chi connectivity index (χ0n) is 9.34. The van der Waals surface area contributed by atoms with Gasteiger partial charge in [0.25, 0.3) is 0 Å². The van der Waals surface area contributed by atoms with E-state index in [1.165, 1.54) is 6.07 Å². The molecule has 0 aromatic heterocycles. The number of rotatable bonds is 1. The van der Waals surface area contributed by atoms with Gasteiger partial charge in [-0.1, -0.05) is 12.1 Å². The Labute approximate surface area is 103 Å². The van der Waals surface area contributed by atoms with Crippen molar-refractivity contribution >= 4 is 11.4 Å². The van der Waals surface area contributed by atoms with Crippen molar-refractivity contribution in [2.75, 3.05) is 0 Å². The lowest BCUT2D eigenvalue weighted by molar-refractivity contribution is 0.386. The first-order valence-electron chi connectivity index (χ1n) is 5.42. The number of nitrogens with zero attached hydrogens (tertiary/aromatic N) is 2. The molecule has 18 heavy (non-hydrogen) atoms. The lowest BCUT2D eigenvalue weighted by atomic mass is 10.0. The van der Waals surface area contributed by atoms with Gasteiger partial charge in [0.2, 0.25) is 0 Å². The van der Waals surface area contributed by atoms with Gasteiger partial charge in [0, 0.05) is 11.8 Å². The lowest BCUT2D eigenvalue weighted by Gasteiger charge is -2.19. The largest absolute Gasteiger partial charge is 0.505 e. The van der Waals surface area contributed by atoms with Gasteiger partial charge >= 0.3 is 0 Å².